The van der Waals surface area contributed by atoms with E-state index in [-0.39, 0.29) is 17.9 Å². The highest BCUT2D eigenvalue weighted by atomic mass is 16.2. The van der Waals surface area contributed by atoms with Crippen molar-refractivity contribution >= 4 is 11.8 Å². The van der Waals surface area contributed by atoms with E-state index in [9.17, 15) is 9.59 Å². The van der Waals surface area contributed by atoms with Crippen LogP contribution in [0.3, 0.4) is 0 Å². The minimum atomic E-state index is -0.174. The van der Waals surface area contributed by atoms with Gasteiger partial charge in [0.25, 0.3) is 11.8 Å². The highest BCUT2D eigenvalue weighted by molar-refractivity contribution is 5.99. The zero-order valence-electron chi connectivity index (χ0n) is 14.8. The van der Waals surface area contributed by atoms with Crippen LogP contribution in [0.2, 0.25) is 0 Å². The molecule has 132 valence electrons. The van der Waals surface area contributed by atoms with Gasteiger partial charge in [0.2, 0.25) is 0 Å². The summed E-state index contributed by atoms with van der Waals surface area (Å²) in [5.74, 6) is 0.235. The van der Waals surface area contributed by atoms with E-state index in [0.717, 1.165) is 19.3 Å². The maximum absolute atomic E-state index is 12.4. The van der Waals surface area contributed by atoms with Crippen LogP contribution in [-0.2, 0) is 0 Å². The van der Waals surface area contributed by atoms with Crippen molar-refractivity contribution in [3.8, 4) is 0 Å². The van der Waals surface area contributed by atoms with Crippen LogP contribution in [0, 0.1) is 5.92 Å². The predicted octanol–water partition coefficient (Wildman–Crippen LogP) is 3.31. The van der Waals surface area contributed by atoms with E-state index in [0.29, 0.717) is 23.6 Å². The van der Waals surface area contributed by atoms with E-state index < -0.39 is 0 Å². The fraction of sp³-hybridized carbons (Fsp3) is 0.632. The molecule has 0 aromatic carbocycles. The van der Waals surface area contributed by atoms with Crippen LogP contribution < -0.4 is 10.6 Å². The Balaban J connectivity index is 1.93. The zero-order chi connectivity index (χ0) is 17.4. The molecule has 1 aromatic rings. The Morgan fingerprint density at radius 3 is 2.33 bits per heavy atom. The molecule has 0 bridgehead atoms. The number of amides is 2. The van der Waals surface area contributed by atoms with Gasteiger partial charge in [-0.1, -0.05) is 39.5 Å². The van der Waals surface area contributed by atoms with Crippen molar-refractivity contribution in [3.63, 3.8) is 0 Å². The number of hydrogen-bond acceptors (Lipinski definition) is 3. The second-order valence-corrected chi connectivity index (χ2v) is 7.06. The molecular formula is C19H29N3O2. The first-order chi connectivity index (χ1) is 11.6. The van der Waals surface area contributed by atoms with Crippen LogP contribution in [0.15, 0.2) is 18.5 Å². The highest BCUT2D eigenvalue weighted by Crippen LogP contribution is 2.17. The molecule has 0 spiro atoms. The molecule has 2 rings (SSSR count). The average molecular weight is 331 g/mol. The molecule has 0 atom stereocenters. The number of nitrogens with one attached hydrogen (secondary N) is 2. The number of hydrogen-bond donors (Lipinski definition) is 2. The van der Waals surface area contributed by atoms with Crippen LogP contribution in [-0.4, -0.2) is 29.4 Å². The van der Waals surface area contributed by atoms with Gasteiger partial charge in [0.15, 0.2) is 0 Å². The Labute approximate surface area is 144 Å². The fourth-order valence-electron chi connectivity index (χ4n) is 2.96. The van der Waals surface area contributed by atoms with Crippen molar-refractivity contribution < 1.29 is 9.59 Å². The molecule has 2 N–H and O–H groups in total. The Bertz CT molecular complexity index is 549. The van der Waals surface area contributed by atoms with Gasteiger partial charge in [-0.2, -0.15) is 0 Å². The highest BCUT2D eigenvalue weighted by Gasteiger charge is 2.17. The van der Waals surface area contributed by atoms with Crippen molar-refractivity contribution in [1.82, 2.24) is 15.6 Å². The van der Waals surface area contributed by atoms with Crippen LogP contribution in [0.1, 0.15) is 79.5 Å². The second kappa shape index (κ2) is 9.40. The minimum Gasteiger partial charge on any atom is -0.352 e. The summed E-state index contributed by atoms with van der Waals surface area (Å²) in [6, 6.07) is 1.87. The third-order valence-electron chi connectivity index (χ3n) is 4.46. The van der Waals surface area contributed by atoms with Crippen molar-refractivity contribution in [2.75, 3.05) is 6.54 Å². The lowest BCUT2D eigenvalue weighted by atomic mass is 10.1. The van der Waals surface area contributed by atoms with E-state index in [2.05, 4.69) is 29.5 Å². The zero-order valence-corrected chi connectivity index (χ0v) is 14.8. The third kappa shape index (κ3) is 5.95. The lowest BCUT2D eigenvalue weighted by Crippen LogP contribution is -2.34. The lowest BCUT2D eigenvalue weighted by molar-refractivity contribution is 0.0933. The van der Waals surface area contributed by atoms with Crippen LogP contribution in [0.4, 0.5) is 0 Å². The van der Waals surface area contributed by atoms with Crippen molar-refractivity contribution in [2.45, 2.75) is 64.8 Å². The van der Waals surface area contributed by atoms with Crippen LogP contribution in [0.25, 0.3) is 0 Å². The number of carbonyl (C=O) groups is 2. The van der Waals surface area contributed by atoms with Gasteiger partial charge >= 0.3 is 0 Å². The van der Waals surface area contributed by atoms with Gasteiger partial charge in [0, 0.05) is 25.0 Å². The van der Waals surface area contributed by atoms with E-state index in [4.69, 9.17) is 0 Å². The molecule has 0 unspecified atom stereocenters. The molecule has 0 saturated heterocycles. The first-order valence-electron chi connectivity index (χ1n) is 9.10. The molecule has 0 radical (unpaired) electrons. The quantitative estimate of drug-likeness (QED) is 0.786. The summed E-state index contributed by atoms with van der Waals surface area (Å²) >= 11 is 0. The Morgan fingerprint density at radius 2 is 1.71 bits per heavy atom. The number of carbonyl (C=O) groups excluding carboxylic acids is 2. The first kappa shape index (κ1) is 18.4. The van der Waals surface area contributed by atoms with Crippen molar-refractivity contribution in [1.29, 1.82) is 0 Å². The van der Waals surface area contributed by atoms with Gasteiger partial charge in [-0.15, -0.1) is 0 Å². The topological polar surface area (TPSA) is 71.1 Å². The standard InChI is InChI=1S/C19H29N3O2/c1-14(2)9-10-21-18(23)15-11-16(13-20-12-15)19(24)22-17-7-5-3-4-6-8-17/h11-14,17H,3-10H2,1-2H3,(H,21,23)(H,22,24). The maximum Gasteiger partial charge on any atom is 0.253 e. The van der Waals surface area contributed by atoms with Gasteiger partial charge in [-0.25, -0.2) is 0 Å². The largest absolute Gasteiger partial charge is 0.352 e. The molecule has 2 amide bonds. The summed E-state index contributed by atoms with van der Waals surface area (Å²) in [5.41, 5.74) is 0.892. The summed E-state index contributed by atoms with van der Waals surface area (Å²) in [6.45, 7) is 4.87. The summed E-state index contributed by atoms with van der Waals surface area (Å²) in [5, 5.41) is 5.96. The molecule has 5 nitrogen and oxygen atoms in total. The normalized spacial score (nSPS) is 15.8. The van der Waals surface area contributed by atoms with Gasteiger partial charge in [-0.3, -0.25) is 14.6 Å². The van der Waals surface area contributed by atoms with Gasteiger partial charge in [0.1, 0.15) is 0 Å². The lowest BCUT2D eigenvalue weighted by Gasteiger charge is -2.16. The summed E-state index contributed by atoms with van der Waals surface area (Å²) in [6.07, 6.45) is 10.9. The van der Waals surface area contributed by atoms with Gasteiger partial charge in [-0.05, 0) is 31.2 Å². The Kier molecular flexibility index (Phi) is 7.22. The summed E-state index contributed by atoms with van der Waals surface area (Å²) in [7, 11) is 0. The summed E-state index contributed by atoms with van der Waals surface area (Å²) in [4.78, 5) is 28.6. The molecule has 1 fully saturated rings. The molecule has 1 saturated carbocycles. The third-order valence-corrected chi connectivity index (χ3v) is 4.46. The van der Waals surface area contributed by atoms with Crippen LogP contribution >= 0.6 is 0 Å². The number of nitrogens with zero attached hydrogens (tertiary/aromatic N) is 1. The van der Waals surface area contributed by atoms with Crippen LogP contribution in [0.5, 0.6) is 0 Å². The summed E-state index contributed by atoms with van der Waals surface area (Å²) < 4.78 is 0. The van der Waals surface area contributed by atoms with E-state index in [1.807, 2.05) is 0 Å². The maximum atomic E-state index is 12.4. The second-order valence-electron chi connectivity index (χ2n) is 7.06. The molecule has 5 heteroatoms. The minimum absolute atomic E-state index is 0.133. The average Bonchev–Trinajstić information content (AvgIpc) is 2.83. The molecule has 1 aliphatic carbocycles. The Morgan fingerprint density at radius 1 is 1.08 bits per heavy atom. The monoisotopic (exact) mass is 331 g/mol. The van der Waals surface area contributed by atoms with Crippen molar-refractivity contribution in [2.24, 2.45) is 5.92 Å². The smallest absolute Gasteiger partial charge is 0.253 e. The predicted molar refractivity (Wildman–Crippen MR) is 95.0 cm³/mol. The van der Waals surface area contributed by atoms with Crippen molar-refractivity contribution in [3.05, 3.63) is 29.6 Å². The first-order valence-corrected chi connectivity index (χ1v) is 9.10. The molecule has 1 aromatic heterocycles. The van der Waals surface area contributed by atoms with Gasteiger partial charge in [0.05, 0.1) is 11.1 Å². The SMILES string of the molecule is CC(C)CCNC(=O)c1cncc(C(=O)NC2CCCCCC2)c1. The molecule has 1 heterocycles. The number of pyridine rings is 1. The molecule has 24 heavy (non-hydrogen) atoms. The number of aromatic nitrogens is 1. The van der Waals surface area contributed by atoms with E-state index in [1.54, 1.807) is 6.07 Å². The van der Waals surface area contributed by atoms with E-state index >= 15 is 0 Å². The molecular weight excluding hydrogens is 302 g/mol. The molecule has 0 aliphatic heterocycles. The van der Waals surface area contributed by atoms with E-state index in [1.165, 1.54) is 38.1 Å². The number of rotatable bonds is 6. The van der Waals surface area contributed by atoms with Gasteiger partial charge < -0.3 is 10.6 Å². The Hall–Kier alpha value is -1.91. The molecule has 1 aliphatic rings. The fourth-order valence-corrected chi connectivity index (χ4v) is 2.96.